The molecule has 0 heterocycles. The Morgan fingerprint density at radius 3 is 1.79 bits per heavy atom. The normalized spacial score (nSPS) is 10.8. The van der Waals surface area contributed by atoms with Crippen LogP contribution < -0.4 is 5.73 Å². The van der Waals surface area contributed by atoms with E-state index in [-0.39, 0.29) is 42.6 Å². The average Bonchev–Trinajstić information content (AvgIpc) is 2.57. The summed E-state index contributed by atoms with van der Waals surface area (Å²) in [7, 11) is 0. The molecule has 142 valence electrons. The largest absolute Gasteiger partial charge is 0.394 e. The summed E-state index contributed by atoms with van der Waals surface area (Å²) in [6, 6.07) is 8.66. The minimum Gasteiger partial charge on any atom is -0.394 e. The van der Waals surface area contributed by atoms with Crippen molar-refractivity contribution in [1.82, 2.24) is 0 Å². The van der Waals surface area contributed by atoms with Gasteiger partial charge in [-0.25, -0.2) is 0 Å². The third-order valence-electron chi connectivity index (χ3n) is 4.38. The highest BCUT2D eigenvalue weighted by Gasteiger charge is 2.22. The molecule has 1 aromatic rings. The lowest BCUT2D eigenvalue weighted by Crippen LogP contribution is -2.47. The Morgan fingerprint density at radius 2 is 1.29 bits per heavy atom. The zero-order valence-electron chi connectivity index (χ0n) is 14.9. The lowest BCUT2D eigenvalue weighted by molar-refractivity contribution is 0.115. The number of unbranched alkanes of at least 4 members (excludes halogenated alkanes) is 5. The summed E-state index contributed by atoms with van der Waals surface area (Å²) in [6.07, 6.45) is 10.5. The molecule has 0 spiro atoms. The number of hydrogen-bond donors (Lipinski definition) is 3. The highest BCUT2D eigenvalue weighted by molar-refractivity contribution is 8.93. The van der Waals surface area contributed by atoms with E-state index in [1.165, 1.54) is 49.7 Å². The molecule has 0 bridgehead atoms. The van der Waals surface area contributed by atoms with Crippen molar-refractivity contribution in [3.8, 4) is 0 Å². The second-order valence-electron chi connectivity index (χ2n) is 6.51. The Labute approximate surface area is 164 Å². The number of aliphatic hydroxyl groups is 2. The van der Waals surface area contributed by atoms with Gasteiger partial charge in [-0.1, -0.05) is 63.3 Å². The molecular formula is C19H35BrClNO2. The van der Waals surface area contributed by atoms with Crippen molar-refractivity contribution in [2.45, 2.75) is 70.3 Å². The zero-order chi connectivity index (χ0) is 16.3. The van der Waals surface area contributed by atoms with Crippen LogP contribution in [0.2, 0.25) is 0 Å². The fourth-order valence-electron chi connectivity index (χ4n) is 2.58. The molecule has 0 aliphatic rings. The molecule has 0 aliphatic heterocycles. The molecule has 24 heavy (non-hydrogen) atoms. The lowest BCUT2D eigenvalue weighted by Gasteiger charge is -2.24. The van der Waals surface area contributed by atoms with Gasteiger partial charge in [-0.2, -0.15) is 0 Å². The molecule has 4 N–H and O–H groups in total. The second kappa shape index (κ2) is 15.2. The molecule has 0 aromatic heterocycles. The van der Waals surface area contributed by atoms with Gasteiger partial charge < -0.3 is 15.9 Å². The number of halogens is 2. The Balaban J connectivity index is 0. The van der Waals surface area contributed by atoms with Crippen molar-refractivity contribution in [3.05, 3.63) is 35.4 Å². The van der Waals surface area contributed by atoms with Gasteiger partial charge in [-0.15, -0.1) is 29.4 Å². The van der Waals surface area contributed by atoms with E-state index >= 15 is 0 Å². The predicted molar refractivity (Wildman–Crippen MR) is 111 cm³/mol. The van der Waals surface area contributed by atoms with Gasteiger partial charge in [0, 0.05) is 0 Å². The highest BCUT2D eigenvalue weighted by Crippen LogP contribution is 2.14. The van der Waals surface area contributed by atoms with Crippen LogP contribution in [-0.4, -0.2) is 29.0 Å². The second-order valence-corrected chi connectivity index (χ2v) is 6.51. The maximum Gasteiger partial charge on any atom is 0.0633 e. The molecule has 3 nitrogen and oxygen atoms in total. The number of nitrogens with two attached hydrogens (primary N) is 1. The predicted octanol–water partition coefficient (Wildman–Crippen LogP) is 4.20. The first kappa shape index (κ1) is 26.1. The first-order valence-corrected chi connectivity index (χ1v) is 8.72. The highest BCUT2D eigenvalue weighted by atomic mass is 79.9. The maximum atomic E-state index is 9.20. The molecule has 0 saturated heterocycles. The lowest BCUT2D eigenvalue weighted by atomic mass is 9.93. The molecule has 0 atom stereocenters. The smallest absolute Gasteiger partial charge is 0.0633 e. The topological polar surface area (TPSA) is 66.5 Å². The molecule has 0 fully saturated rings. The van der Waals surface area contributed by atoms with Crippen molar-refractivity contribution >= 4 is 29.4 Å². The monoisotopic (exact) mass is 423 g/mol. The van der Waals surface area contributed by atoms with Crippen LogP contribution in [0.4, 0.5) is 0 Å². The fourth-order valence-corrected chi connectivity index (χ4v) is 2.58. The van der Waals surface area contributed by atoms with E-state index in [1.807, 2.05) is 0 Å². The van der Waals surface area contributed by atoms with E-state index in [9.17, 15) is 10.2 Å². The van der Waals surface area contributed by atoms with E-state index in [0.29, 0.717) is 6.42 Å². The van der Waals surface area contributed by atoms with Crippen LogP contribution in [0.5, 0.6) is 0 Å². The SMILES string of the molecule is Br.CCCCCCCCc1ccc(CCC(N)(CO)CO)cc1.Cl. The molecule has 5 heteroatoms. The van der Waals surface area contributed by atoms with Crippen molar-refractivity contribution in [2.24, 2.45) is 5.73 Å². The summed E-state index contributed by atoms with van der Waals surface area (Å²) in [4.78, 5) is 0. The van der Waals surface area contributed by atoms with Crippen LogP contribution in [0.1, 0.15) is 63.0 Å². The average molecular weight is 425 g/mol. The molecule has 0 radical (unpaired) electrons. The van der Waals surface area contributed by atoms with Gasteiger partial charge >= 0.3 is 0 Å². The summed E-state index contributed by atoms with van der Waals surface area (Å²) < 4.78 is 0. The minimum atomic E-state index is -0.864. The van der Waals surface area contributed by atoms with E-state index in [0.717, 1.165) is 12.8 Å². The maximum absolute atomic E-state index is 9.20. The van der Waals surface area contributed by atoms with Gasteiger partial charge in [0.1, 0.15) is 0 Å². The van der Waals surface area contributed by atoms with Crippen molar-refractivity contribution in [2.75, 3.05) is 13.2 Å². The summed E-state index contributed by atoms with van der Waals surface area (Å²) in [5.74, 6) is 0. The van der Waals surface area contributed by atoms with Crippen LogP contribution in [-0.2, 0) is 12.8 Å². The molecule has 0 saturated carbocycles. The summed E-state index contributed by atoms with van der Waals surface area (Å²) in [6.45, 7) is 1.89. The molecule has 1 aromatic carbocycles. The van der Waals surface area contributed by atoms with Gasteiger partial charge in [-0.05, 0) is 36.8 Å². The molecule has 0 aliphatic carbocycles. The number of benzene rings is 1. The third-order valence-corrected chi connectivity index (χ3v) is 4.38. The molecule has 0 unspecified atom stereocenters. The van der Waals surface area contributed by atoms with Crippen LogP contribution >= 0.6 is 29.4 Å². The summed E-state index contributed by atoms with van der Waals surface area (Å²) in [5.41, 5.74) is 7.63. The number of aliphatic hydroxyl groups excluding tert-OH is 2. The Bertz CT molecular complexity index is 397. The van der Waals surface area contributed by atoms with Gasteiger partial charge in [0.25, 0.3) is 0 Å². The Morgan fingerprint density at radius 1 is 0.833 bits per heavy atom. The summed E-state index contributed by atoms with van der Waals surface area (Å²) in [5, 5.41) is 18.4. The quantitative estimate of drug-likeness (QED) is 0.440. The number of aryl methyl sites for hydroxylation is 2. The minimum absolute atomic E-state index is 0. The number of rotatable bonds is 12. The first-order chi connectivity index (χ1) is 10.6. The van der Waals surface area contributed by atoms with Crippen molar-refractivity contribution in [1.29, 1.82) is 0 Å². The van der Waals surface area contributed by atoms with E-state index < -0.39 is 5.54 Å². The molecule has 0 amide bonds. The van der Waals surface area contributed by atoms with Crippen LogP contribution in [0.15, 0.2) is 24.3 Å². The number of hydrogen-bond acceptors (Lipinski definition) is 3. The van der Waals surface area contributed by atoms with Gasteiger partial charge in [-0.3, -0.25) is 0 Å². The Kier molecular flexibility index (Phi) is 16.5. The molecular weight excluding hydrogens is 390 g/mol. The molecule has 1 rings (SSSR count). The zero-order valence-corrected chi connectivity index (χ0v) is 17.4. The van der Waals surface area contributed by atoms with Crippen molar-refractivity contribution < 1.29 is 10.2 Å². The fraction of sp³-hybridized carbons (Fsp3) is 0.684. The summed E-state index contributed by atoms with van der Waals surface area (Å²) >= 11 is 0. The first-order valence-electron chi connectivity index (χ1n) is 8.72. The van der Waals surface area contributed by atoms with Crippen molar-refractivity contribution in [3.63, 3.8) is 0 Å². The van der Waals surface area contributed by atoms with E-state index in [2.05, 4.69) is 31.2 Å². The van der Waals surface area contributed by atoms with Crippen LogP contribution in [0, 0.1) is 0 Å². The standard InChI is InChI=1S/C19H33NO2.BrH.ClH/c1-2-3-4-5-6-7-8-17-9-11-18(12-10-17)13-14-19(20,15-21)16-22;;/h9-12,21-22H,2-8,13-16,20H2,1H3;2*1H. The van der Waals surface area contributed by atoms with E-state index in [4.69, 9.17) is 5.73 Å². The van der Waals surface area contributed by atoms with Gasteiger partial charge in [0.2, 0.25) is 0 Å². The van der Waals surface area contributed by atoms with Gasteiger partial charge in [0.15, 0.2) is 0 Å². The van der Waals surface area contributed by atoms with Crippen LogP contribution in [0.25, 0.3) is 0 Å². The third kappa shape index (κ3) is 10.7. The van der Waals surface area contributed by atoms with Crippen LogP contribution in [0.3, 0.4) is 0 Å². The van der Waals surface area contributed by atoms with E-state index in [1.54, 1.807) is 0 Å². The Hall–Kier alpha value is -0.130. The van der Waals surface area contributed by atoms with Gasteiger partial charge in [0.05, 0.1) is 18.8 Å².